The highest BCUT2D eigenvalue weighted by molar-refractivity contribution is 4.82. The molecule has 2 N–H and O–H groups in total. The van der Waals surface area contributed by atoms with Crippen molar-refractivity contribution in [3.8, 4) is 0 Å². The first-order chi connectivity index (χ1) is 6.95. The summed E-state index contributed by atoms with van der Waals surface area (Å²) in [6, 6.07) is 1.39. The lowest BCUT2D eigenvalue weighted by Crippen LogP contribution is -2.37. The molecule has 1 heterocycles. The molecule has 0 aliphatic rings. The molecule has 0 aliphatic heterocycles. The molecule has 0 aliphatic carbocycles. The van der Waals surface area contributed by atoms with Crippen molar-refractivity contribution in [3.05, 3.63) is 28.9 Å². The molecule has 0 amide bonds. The summed E-state index contributed by atoms with van der Waals surface area (Å²) in [5, 5.41) is 0. The van der Waals surface area contributed by atoms with Crippen molar-refractivity contribution >= 4 is 0 Å². The Kier molecular flexibility index (Phi) is 3.46. The molecular formula is C8H10F3N3O. The summed E-state index contributed by atoms with van der Waals surface area (Å²) in [7, 11) is 0. The van der Waals surface area contributed by atoms with Crippen LogP contribution < -0.4 is 11.4 Å². The first-order valence-corrected chi connectivity index (χ1v) is 4.23. The molecule has 4 nitrogen and oxygen atoms in total. The van der Waals surface area contributed by atoms with Gasteiger partial charge >= 0.3 is 11.9 Å². The Morgan fingerprint density at radius 3 is 2.67 bits per heavy atom. The number of aromatic nitrogens is 2. The average Bonchev–Trinajstić information content (AvgIpc) is 2.14. The Hall–Kier alpha value is -1.37. The van der Waals surface area contributed by atoms with Crippen LogP contribution >= 0.6 is 0 Å². The molecule has 1 unspecified atom stereocenters. The maximum Gasteiger partial charge on any atom is 0.394 e. The van der Waals surface area contributed by atoms with E-state index >= 15 is 0 Å². The lowest BCUT2D eigenvalue weighted by molar-refractivity contribution is -0.175. The van der Waals surface area contributed by atoms with E-state index in [1.54, 1.807) is 0 Å². The number of nitrogens with zero attached hydrogens (tertiary/aromatic N) is 2. The van der Waals surface area contributed by atoms with E-state index in [9.17, 15) is 18.0 Å². The van der Waals surface area contributed by atoms with E-state index < -0.39 is 30.9 Å². The van der Waals surface area contributed by atoms with Crippen molar-refractivity contribution in [1.82, 2.24) is 9.55 Å². The first kappa shape index (κ1) is 11.7. The largest absolute Gasteiger partial charge is 0.394 e. The SMILES string of the molecule is NCC(Cn1cccnc1=O)C(F)(F)F. The van der Waals surface area contributed by atoms with Gasteiger partial charge in [-0.15, -0.1) is 0 Å². The lowest BCUT2D eigenvalue weighted by Gasteiger charge is -2.18. The number of hydrogen-bond acceptors (Lipinski definition) is 3. The second-order valence-corrected chi connectivity index (χ2v) is 3.03. The zero-order valence-corrected chi connectivity index (χ0v) is 7.74. The van der Waals surface area contributed by atoms with Gasteiger partial charge in [-0.2, -0.15) is 13.2 Å². The van der Waals surface area contributed by atoms with Crippen LogP contribution in [0.3, 0.4) is 0 Å². The van der Waals surface area contributed by atoms with E-state index in [2.05, 4.69) is 4.98 Å². The summed E-state index contributed by atoms with van der Waals surface area (Å²) < 4.78 is 37.9. The third-order valence-corrected chi connectivity index (χ3v) is 1.95. The highest BCUT2D eigenvalue weighted by Crippen LogP contribution is 2.26. The standard InChI is InChI=1S/C8H10F3N3O/c9-8(10,11)6(4-12)5-14-3-1-2-13-7(14)15/h1-3,6H,4-5,12H2. The van der Waals surface area contributed by atoms with Crippen molar-refractivity contribution in [2.75, 3.05) is 6.54 Å². The van der Waals surface area contributed by atoms with Gasteiger partial charge in [0.1, 0.15) is 0 Å². The van der Waals surface area contributed by atoms with Crippen LogP contribution in [0, 0.1) is 5.92 Å². The molecule has 0 radical (unpaired) electrons. The van der Waals surface area contributed by atoms with Gasteiger partial charge in [-0.25, -0.2) is 9.78 Å². The minimum atomic E-state index is -4.40. The van der Waals surface area contributed by atoms with Gasteiger partial charge in [-0.1, -0.05) is 0 Å². The van der Waals surface area contributed by atoms with Crippen molar-refractivity contribution < 1.29 is 13.2 Å². The molecule has 15 heavy (non-hydrogen) atoms. The van der Waals surface area contributed by atoms with Crippen LogP contribution in [0.5, 0.6) is 0 Å². The van der Waals surface area contributed by atoms with Gasteiger partial charge in [-0.05, 0) is 6.07 Å². The number of halogens is 3. The molecule has 0 bridgehead atoms. The lowest BCUT2D eigenvalue weighted by atomic mass is 10.1. The molecule has 0 spiro atoms. The Bertz CT molecular complexity index is 374. The molecule has 0 aromatic carbocycles. The number of alkyl halides is 3. The maximum atomic E-state index is 12.3. The minimum Gasteiger partial charge on any atom is -0.330 e. The van der Waals surface area contributed by atoms with Crippen LogP contribution in [-0.2, 0) is 6.54 Å². The molecule has 1 aromatic heterocycles. The quantitative estimate of drug-likeness (QED) is 0.802. The second kappa shape index (κ2) is 4.43. The smallest absolute Gasteiger partial charge is 0.330 e. The molecule has 0 fully saturated rings. The van der Waals surface area contributed by atoms with Gasteiger partial charge < -0.3 is 5.73 Å². The topological polar surface area (TPSA) is 60.9 Å². The first-order valence-electron chi connectivity index (χ1n) is 4.23. The average molecular weight is 221 g/mol. The summed E-state index contributed by atoms with van der Waals surface area (Å²) in [4.78, 5) is 14.4. The monoisotopic (exact) mass is 221 g/mol. The predicted octanol–water partition coefficient (Wildman–Crippen LogP) is 0.380. The van der Waals surface area contributed by atoms with E-state index in [-0.39, 0.29) is 0 Å². The van der Waals surface area contributed by atoms with Crippen LogP contribution in [-0.4, -0.2) is 22.3 Å². The Morgan fingerprint density at radius 2 is 2.20 bits per heavy atom. The van der Waals surface area contributed by atoms with Crippen LogP contribution in [0.1, 0.15) is 0 Å². The highest BCUT2D eigenvalue weighted by Gasteiger charge is 2.38. The van der Waals surface area contributed by atoms with Gasteiger partial charge in [0.05, 0.1) is 5.92 Å². The fraction of sp³-hybridized carbons (Fsp3) is 0.500. The van der Waals surface area contributed by atoms with E-state index in [4.69, 9.17) is 5.73 Å². The van der Waals surface area contributed by atoms with Gasteiger partial charge in [-0.3, -0.25) is 4.57 Å². The zero-order chi connectivity index (χ0) is 11.5. The van der Waals surface area contributed by atoms with Gasteiger partial charge in [0.25, 0.3) is 0 Å². The Morgan fingerprint density at radius 1 is 1.53 bits per heavy atom. The van der Waals surface area contributed by atoms with E-state index in [0.717, 1.165) is 4.57 Å². The van der Waals surface area contributed by atoms with E-state index in [1.165, 1.54) is 18.5 Å². The second-order valence-electron chi connectivity index (χ2n) is 3.03. The molecule has 84 valence electrons. The van der Waals surface area contributed by atoms with Crippen molar-refractivity contribution in [1.29, 1.82) is 0 Å². The molecule has 1 aromatic rings. The molecule has 1 rings (SSSR count). The Labute approximate surface area is 83.5 Å². The van der Waals surface area contributed by atoms with Gasteiger partial charge in [0.15, 0.2) is 0 Å². The van der Waals surface area contributed by atoms with Crippen LogP contribution in [0.4, 0.5) is 13.2 Å². The van der Waals surface area contributed by atoms with E-state index in [1.807, 2.05) is 0 Å². The molecular weight excluding hydrogens is 211 g/mol. The van der Waals surface area contributed by atoms with Gasteiger partial charge in [0.2, 0.25) is 0 Å². The summed E-state index contributed by atoms with van der Waals surface area (Å²) in [6.07, 6.45) is -1.92. The molecule has 0 saturated carbocycles. The summed E-state index contributed by atoms with van der Waals surface area (Å²) >= 11 is 0. The van der Waals surface area contributed by atoms with Crippen molar-refractivity contribution in [3.63, 3.8) is 0 Å². The van der Waals surface area contributed by atoms with Crippen molar-refractivity contribution in [2.24, 2.45) is 11.7 Å². The highest BCUT2D eigenvalue weighted by atomic mass is 19.4. The fourth-order valence-electron chi connectivity index (χ4n) is 1.08. The minimum absolute atomic E-state index is 0.493. The third kappa shape index (κ3) is 3.05. The Balaban J connectivity index is 2.85. The van der Waals surface area contributed by atoms with Gasteiger partial charge in [0, 0.05) is 25.5 Å². The number of rotatable bonds is 3. The van der Waals surface area contributed by atoms with Crippen LogP contribution in [0.25, 0.3) is 0 Å². The number of nitrogens with two attached hydrogens (primary N) is 1. The molecule has 7 heteroatoms. The van der Waals surface area contributed by atoms with Crippen LogP contribution in [0.2, 0.25) is 0 Å². The molecule has 1 atom stereocenters. The maximum absolute atomic E-state index is 12.3. The van der Waals surface area contributed by atoms with E-state index in [0.29, 0.717) is 0 Å². The van der Waals surface area contributed by atoms with Crippen LogP contribution in [0.15, 0.2) is 23.3 Å². The number of hydrogen-bond donors (Lipinski definition) is 1. The summed E-state index contributed by atoms with van der Waals surface area (Å²) in [5.74, 6) is -1.72. The molecule has 0 saturated heterocycles. The van der Waals surface area contributed by atoms with Crippen molar-refractivity contribution in [2.45, 2.75) is 12.7 Å². The summed E-state index contributed by atoms with van der Waals surface area (Å²) in [6.45, 7) is -1.04. The summed E-state index contributed by atoms with van der Waals surface area (Å²) in [5.41, 5.74) is 4.29. The normalized spacial score (nSPS) is 13.9. The third-order valence-electron chi connectivity index (χ3n) is 1.95. The predicted molar refractivity (Wildman–Crippen MR) is 47.1 cm³/mol. The fourth-order valence-corrected chi connectivity index (χ4v) is 1.08. The zero-order valence-electron chi connectivity index (χ0n) is 7.74.